The summed E-state index contributed by atoms with van der Waals surface area (Å²) in [6, 6.07) is 15.9. The van der Waals surface area contributed by atoms with Crippen molar-refractivity contribution in [3.05, 3.63) is 108 Å². The maximum atomic E-state index is 14.3. The van der Waals surface area contributed by atoms with Crippen molar-refractivity contribution in [2.24, 2.45) is 11.5 Å². The Morgan fingerprint density at radius 2 is 1.12 bits per heavy atom. The van der Waals surface area contributed by atoms with E-state index < -0.39 is 115 Å². The van der Waals surface area contributed by atoms with E-state index in [4.69, 9.17) is 16.6 Å². The maximum Gasteiger partial charge on any atom is 0.326 e. The highest BCUT2D eigenvalue weighted by atomic mass is 32.1. The first-order valence-corrected chi connectivity index (χ1v) is 20.7. The molecule has 0 aliphatic rings. The van der Waals surface area contributed by atoms with Gasteiger partial charge in [0.15, 0.2) is 0 Å². The molecule has 21 heteroatoms. The van der Waals surface area contributed by atoms with Crippen LogP contribution in [-0.2, 0) is 62.4 Å². The second kappa shape index (κ2) is 24.4. The summed E-state index contributed by atoms with van der Waals surface area (Å²) < 4.78 is 0. The van der Waals surface area contributed by atoms with Gasteiger partial charge in [0.25, 0.3) is 0 Å². The molecule has 4 aromatic rings. The number of benzene rings is 3. The summed E-state index contributed by atoms with van der Waals surface area (Å²) in [5.74, 6) is -9.41. The molecule has 0 aliphatic carbocycles. The lowest BCUT2D eigenvalue weighted by molar-refractivity contribution is -0.143. The normalized spacial score (nSPS) is 13.7. The molecule has 0 bridgehead atoms. The van der Waals surface area contributed by atoms with Gasteiger partial charge in [0.2, 0.25) is 41.4 Å². The van der Waals surface area contributed by atoms with Gasteiger partial charge in [-0.2, -0.15) is 12.6 Å². The average Bonchev–Trinajstić information content (AvgIpc) is 3.67. The summed E-state index contributed by atoms with van der Waals surface area (Å²) in [6.07, 6.45) is -0.206. The number of aromatic nitrogens is 1. The molecule has 1 heterocycles. The summed E-state index contributed by atoms with van der Waals surface area (Å²) in [7, 11) is 0. The van der Waals surface area contributed by atoms with Gasteiger partial charge in [-0.15, -0.1) is 0 Å². The molecule has 0 unspecified atom stereocenters. The molecule has 0 radical (unpaired) electrons. The number of carboxylic acid groups (broad SMARTS) is 2. The van der Waals surface area contributed by atoms with E-state index in [9.17, 15) is 48.3 Å². The number of fused-ring (bicyclic) bond motifs is 1. The number of para-hydroxylation sites is 1. The summed E-state index contributed by atoms with van der Waals surface area (Å²) in [6.45, 7) is -0.618. The Hall–Kier alpha value is -7.26. The van der Waals surface area contributed by atoms with E-state index in [-0.39, 0.29) is 25.0 Å². The molecule has 20 nitrogen and oxygen atoms in total. The molecule has 0 saturated heterocycles. The molecule has 0 aliphatic heterocycles. The fourth-order valence-electron chi connectivity index (χ4n) is 6.51. The summed E-state index contributed by atoms with van der Waals surface area (Å²) in [5.41, 5.74) is 14.1. The number of carbonyl (C=O) groups excluding carboxylic acids is 7. The van der Waals surface area contributed by atoms with Gasteiger partial charge in [0.1, 0.15) is 30.2 Å². The molecule has 3 aromatic carbocycles. The zero-order chi connectivity index (χ0) is 46.8. The second-order valence-electron chi connectivity index (χ2n) is 14.8. The van der Waals surface area contributed by atoms with Gasteiger partial charge in [-0.3, -0.25) is 38.4 Å². The zero-order valence-electron chi connectivity index (χ0n) is 34.5. The fraction of sp³-hybridized carbons (Fsp3) is 0.326. The number of amides is 7. The van der Waals surface area contributed by atoms with Crippen molar-refractivity contribution < 1.29 is 53.4 Å². The summed E-state index contributed by atoms with van der Waals surface area (Å²) in [5, 5.41) is 34.0. The Labute approximate surface area is 372 Å². The second-order valence-corrected chi connectivity index (χ2v) is 15.1. The topological polar surface area (TPSA) is 334 Å². The average molecular weight is 902 g/mol. The van der Waals surface area contributed by atoms with E-state index >= 15 is 0 Å². The lowest BCUT2D eigenvalue weighted by atomic mass is 10.0. The third kappa shape index (κ3) is 15.6. The molecule has 0 spiro atoms. The highest BCUT2D eigenvalue weighted by Crippen LogP contribution is 2.20. The van der Waals surface area contributed by atoms with Crippen LogP contribution in [0.5, 0.6) is 0 Å². The summed E-state index contributed by atoms with van der Waals surface area (Å²) in [4.78, 5) is 119. The molecule has 340 valence electrons. The Morgan fingerprint density at radius 3 is 1.70 bits per heavy atom. The van der Waals surface area contributed by atoms with Crippen molar-refractivity contribution in [2.75, 3.05) is 12.3 Å². The third-order valence-electron chi connectivity index (χ3n) is 9.84. The Morgan fingerprint density at radius 1 is 0.609 bits per heavy atom. The maximum absolute atomic E-state index is 14.3. The Balaban J connectivity index is 1.55. The number of primary amides is 1. The van der Waals surface area contributed by atoms with Crippen molar-refractivity contribution in [1.82, 2.24) is 36.9 Å². The number of rotatable bonds is 25. The number of carboxylic acids is 2. The number of H-pyrrole nitrogens is 1. The van der Waals surface area contributed by atoms with Crippen LogP contribution in [0, 0.1) is 0 Å². The van der Waals surface area contributed by atoms with E-state index in [1.807, 2.05) is 0 Å². The molecule has 4 rings (SSSR count). The van der Waals surface area contributed by atoms with E-state index in [2.05, 4.69) is 49.5 Å². The van der Waals surface area contributed by atoms with Crippen LogP contribution >= 0.6 is 12.6 Å². The third-order valence-corrected chi connectivity index (χ3v) is 10.2. The molecule has 0 saturated carbocycles. The minimum absolute atomic E-state index is 0.152. The van der Waals surface area contributed by atoms with Crippen LogP contribution in [-0.4, -0.2) is 117 Å². The highest BCUT2D eigenvalue weighted by Gasteiger charge is 2.33. The van der Waals surface area contributed by atoms with E-state index in [1.54, 1.807) is 91.1 Å². The lowest BCUT2D eigenvalue weighted by Gasteiger charge is -2.26. The first kappa shape index (κ1) is 49.4. The number of aromatic amines is 1. The number of hydrogen-bond donors (Lipinski definition) is 12. The standard InChI is InChI=1S/C43H51N9O11S/c44-28(17-24-9-3-1-4-10-24)38(57)47-22-36(54)48-33(20-35(45)53)41(60)50-31(18-25-11-5-2-6-12-25)39(58)51-32(19-26-21-46-29-14-8-7-13-27(26)29)40(59)52-34(23-64)42(61)49-30(43(62)63)15-16-37(55)56/h1-14,21,28,30-34,46,64H,15-20,22-23,44H2,(H2,45,53)(H,47,57)(H,48,54)(H,49,61)(H,50,60)(H,51,58)(H,52,59)(H,55,56)(H,62,63)/t28-,30-,31-,32-,33-,34-/m0/s1. The summed E-state index contributed by atoms with van der Waals surface area (Å²) >= 11 is 4.16. The fourth-order valence-corrected chi connectivity index (χ4v) is 6.77. The van der Waals surface area contributed by atoms with Gasteiger partial charge in [0.05, 0.1) is 19.0 Å². The smallest absolute Gasteiger partial charge is 0.326 e. The van der Waals surface area contributed by atoms with Gasteiger partial charge >= 0.3 is 11.9 Å². The molecule has 1 aromatic heterocycles. The SMILES string of the molecule is NC(=O)C[C@H](NC(=O)CNC(=O)[C@@H](N)Cc1ccccc1)C(=O)N[C@@H](Cc1ccccc1)C(=O)N[C@@H](Cc1c[nH]c2ccccc12)C(=O)N[C@@H](CS)C(=O)N[C@@H](CCC(=O)O)C(=O)O. The van der Waals surface area contributed by atoms with Gasteiger partial charge in [-0.25, -0.2) is 4.79 Å². The minimum atomic E-state index is -1.61. The van der Waals surface area contributed by atoms with Crippen LogP contribution in [0.4, 0.5) is 0 Å². The predicted octanol–water partition coefficient (Wildman–Crippen LogP) is -1.18. The number of aliphatic carboxylic acids is 2. The number of nitrogens with two attached hydrogens (primary N) is 2. The van der Waals surface area contributed by atoms with E-state index in [0.29, 0.717) is 22.0 Å². The Bertz CT molecular complexity index is 2290. The van der Waals surface area contributed by atoms with Crippen molar-refractivity contribution in [3.63, 3.8) is 0 Å². The Kier molecular flexibility index (Phi) is 18.8. The van der Waals surface area contributed by atoms with Crippen LogP contribution < -0.4 is 43.4 Å². The van der Waals surface area contributed by atoms with Crippen LogP contribution in [0.3, 0.4) is 0 Å². The molecule has 6 atom stereocenters. The predicted molar refractivity (Wildman–Crippen MR) is 235 cm³/mol. The van der Waals surface area contributed by atoms with Crippen molar-refractivity contribution in [3.8, 4) is 0 Å². The molecular formula is C43H51N9O11S. The first-order valence-electron chi connectivity index (χ1n) is 20.0. The van der Waals surface area contributed by atoms with Crippen LogP contribution in [0.2, 0.25) is 0 Å². The van der Waals surface area contributed by atoms with E-state index in [0.717, 1.165) is 5.56 Å². The van der Waals surface area contributed by atoms with Crippen molar-refractivity contribution in [2.45, 2.75) is 74.8 Å². The van der Waals surface area contributed by atoms with Gasteiger partial charge in [0, 0.05) is 42.1 Å². The van der Waals surface area contributed by atoms with Crippen LogP contribution in [0.15, 0.2) is 91.1 Å². The molecular weight excluding hydrogens is 851 g/mol. The van der Waals surface area contributed by atoms with Gasteiger partial charge in [-0.05, 0) is 35.6 Å². The first-order chi connectivity index (χ1) is 30.5. The van der Waals surface area contributed by atoms with Crippen molar-refractivity contribution in [1.29, 1.82) is 0 Å². The largest absolute Gasteiger partial charge is 0.481 e. The monoisotopic (exact) mass is 901 g/mol. The van der Waals surface area contributed by atoms with Crippen LogP contribution in [0.25, 0.3) is 10.9 Å². The molecule has 13 N–H and O–H groups in total. The van der Waals surface area contributed by atoms with Crippen LogP contribution in [0.1, 0.15) is 36.0 Å². The van der Waals surface area contributed by atoms with Gasteiger partial charge < -0.3 is 58.6 Å². The van der Waals surface area contributed by atoms with Crippen molar-refractivity contribution >= 4 is 76.8 Å². The minimum Gasteiger partial charge on any atom is -0.481 e. The molecule has 0 fully saturated rings. The van der Waals surface area contributed by atoms with E-state index in [1.165, 1.54) is 0 Å². The number of carbonyl (C=O) groups is 9. The molecule has 64 heavy (non-hydrogen) atoms. The zero-order valence-corrected chi connectivity index (χ0v) is 35.3. The highest BCUT2D eigenvalue weighted by molar-refractivity contribution is 7.80. The lowest BCUT2D eigenvalue weighted by Crippen LogP contribution is -2.60. The number of nitrogens with one attached hydrogen (secondary N) is 7. The number of thiol groups is 1. The molecule has 7 amide bonds. The number of hydrogen-bond acceptors (Lipinski definition) is 11. The van der Waals surface area contributed by atoms with Gasteiger partial charge in [-0.1, -0.05) is 78.9 Å². The quantitative estimate of drug-likeness (QED) is 0.0350.